The number of hydrogen-bond donors (Lipinski definition) is 1. The van der Waals surface area contributed by atoms with Gasteiger partial charge in [-0.25, -0.2) is 0 Å². The van der Waals surface area contributed by atoms with Gasteiger partial charge in [-0.05, 0) is 0 Å². The first-order valence-electron chi connectivity index (χ1n) is 3.03. The monoisotopic (exact) mass is 160 g/mol. The van der Waals surface area contributed by atoms with Gasteiger partial charge in [0.2, 0.25) is 5.41 Å². The summed E-state index contributed by atoms with van der Waals surface area (Å²) in [5, 5.41) is 8.60. The molecule has 0 bridgehead atoms. The summed E-state index contributed by atoms with van der Waals surface area (Å²) < 4.78 is 8.96. The third kappa shape index (κ3) is 0.970. The van der Waals surface area contributed by atoms with E-state index in [1.54, 1.807) is 0 Å². The highest BCUT2D eigenvalue weighted by Gasteiger charge is 2.54. The smallest absolute Gasteiger partial charge is 0.328 e. The number of esters is 1. The predicted octanol–water partition coefficient (Wildman–Crippen LogP) is -0.739. The van der Waals surface area contributed by atoms with Crippen LogP contribution in [0.4, 0.5) is 0 Å². The third-order valence-electron chi connectivity index (χ3n) is 1.68. The SMILES string of the molecule is COC(=O)C1(C(=O)O)COC1. The van der Waals surface area contributed by atoms with Crippen molar-refractivity contribution in [3.63, 3.8) is 0 Å². The lowest BCUT2D eigenvalue weighted by Gasteiger charge is -2.33. The molecule has 1 fully saturated rings. The van der Waals surface area contributed by atoms with Crippen molar-refractivity contribution in [1.82, 2.24) is 0 Å². The molecule has 0 radical (unpaired) electrons. The van der Waals surface area contributed by atoms with Crippen LogP contribution in [-0.2, 0) is 19.1 Å². The van der Waals surface area contributed by atoms with Crippen LogP contribution in [0, 0.1) is 5.41 Å². The van der Waals surface area contributed by atoms with Gasteiger partial charge in [0.1, 0.15) is 0 Å². The van der Waals surface area contributed by atoms with Crippen molar-refractivity contribution in [2.24, 2.45) is 5.41 Å². The van der Waals surface area contributed by atoms with Gasteiger partial charge in [0.05, 0.1) is 20.3 Å². The van der Waals surface area contributed by atoms with E-state index in [1.165, 1.54) is 0 Å². The Bertz CT molecular complexity index is 193. The summed E-state index contributed by atoms with van der Waals surface area (Å²) in [5.41, 5.74) is -1.44. The number of aliphatic carboxylic acids is 1. The largest absolute Gasteiger partial charge is 0.480 e. The zero-order chi connectivity index (χ0) is 8.48. The molecule has 0 aromatic carbocycles. The highest BCUT2D eigenvalue weighted by atomic mass is 16.6. The lowest BCUT2D eigenvalue weighted by Crippen LogP contribution is -2.55. The summed E-state index contributed by atoms with van der Waals surface area (Å²) in [6, 6.07) is 0. The minimum atomic E-state index is -1.44. The Labute approximate surface area is 62.9 Å². The van der Waals surface area contributed by atoms with Crippen molar-refractivity contribution in [2.45, 2.75) is 0 Å². The maximum Gasteiger partial charge on any atom is 0.328 e. The van der Waals surface area contributed by atoms with Crippen molar-refractivity contribution in [3.8, 4) is 0 Å². The van der Waals surface area contributed by atoms with E-state index in [0.29, 0.717) is 0 Å². The summed E-state index contributed by atoms with van der Waals surface area (Å²) in [7, 11) is 1.16. The van der Waals surface area contributed by atoms with Crippen molar-refractivity contribution >= 4 is 11.9 Å². The maximum atomic E-state index is 10.9. The zero-order valence-corrected chi connectivity index (χ0v) is 5.99. The average Bonchev–Trinajstić information content (AvgIpc) is 1.84. The van der Waals surface area contributed by atoms with Crippen LogP contribution < -0.4 is 0 Å². The summed E-state index contributed by atoms with van der Waals surface area (Å²) in [6.07, 6.45) is 0. The van der Waals surface area contributed by atoms with Gasteiger partial charge in [-0.1, -0.05) is 0 Å². The first-order valence-corrected chi connectivity index (χ1v) is 3.03. The van der Waals surface area contributed by atoms with Crippen LogP contribution in [0.5, 0.6) is 0 Å². The Morgan fingerprint density at radius 2 is 2.09 bits per heavy atom. The van der Waals surface area contributed by atoms with Crippen LogP contribution in [0.1, 0.15) is 0 Å². The molecule has 0 amide bonds. The van der Waals surface area contributed by atoms with Gasteiger partial charge in [0.15, 0.2) is 0 Å². The van der Waals surface area contributed by atoms with Gasteiger partial charge in [-0.3, -0.25) is 9.59 Å². The molecule has 1 saturated heterocycles. The summed E-state index contributed by atoms with van der Waals surface area (Å²) in [4.78, 5) is 21.4. The predicted molar refractivity (Wildman–Crippen MR) is 32.9 cm³/mol. The van der Waals surface area contributed by atoms with E-state index >= 15 is 0 Å². The van der Waals surface area contributed by atoms with Crippen LogP contribution in [-0.4, -0.2) is 37.4 Å². The molecule has 1 heterocycles. The normalized spacial score (nSPS) is 20.1. The number of carbonyl (C=O) groups excluding carboxylic acids is 1. The van der Waals surface area contributed by atoms with E-state index in [-0.39, 0.29) is 13.2 Å². The summed E-state index contributed by atoms with van der Waals surface area (Å²) in [6.45, 7) is -0.177. The molecule has 0 saturated carbocycles. The molecule has 1 rings (SSSR count). The number of carbonyl (C=O) groups is 2. The number of hydrogen-bond acceptors (Lipinski definition) is 4. The lowest BCUT2D eigenvalue weighted by molar-refractivity contribution is -0.197. The van der Waals surface area contributed by atoms with Crippen molar-refractivity contribution in [1.29, 1.82) is 0 Å². The Kier molecular flexibility index (Phi) is 1.82. The van der Waals surface area contributed by atoms with Gasteiger partial charge in [-0.15, -0.1) is 0 Å². The van der Waals surface area contributed by atoms with Crippen LogP contribution in [0.15, 0.2) is 0 Å². The summed E-state index contributed by atoms with van der Waals surface area (Å²) >= 11 is 0. The van der Waals surface area contributed by atoms with Crippen LogP contribution in [0.25, 0.3) is 0 Å². The van der Waals surface area contributed by atoms with Gasteiger partial charge in [-0.2, -0.15) is 0 Å². The van der Waals surface area contributed by atoms with E-state index in [9.17, 15) is 9.59 Å². The molecule has 1 aliphatic heterocycles. The molecule has 1 N–H and O–H groups in total. The lowest BCUT2D eigenvalue weighted by atomic mass is 9.86. The third-order valence-corrected chi connectivity index (χ3v) is 1.68. The average molecular weight is 160 g/mol. The Hall–Kier alpha value is -1.10. The zero-order valence-electron chi connectivity index (χ0n) is 5.99. The molecule has 0 aromatic heterocycles. The molecule has 1 aliphatic rings. The molecule has 0 aliphatic carbocycles. The van der Waals surface area contributed by atoms with Crippen LogP contribution >= 0.6 is 0 Å². The minimum Gasteiger partial charge on any atom is -0.480 e. The van der Waals surface area contributed by atoms with Crippen molar-refractivity contribution < 1.29 is 24.2 Å². The highest BCUT2D eigenvalue weighted by Crippen LogP contribution is 2.28. The molecule has 0 atom stereocenters. The Balaban J connectivity index is 2.75. The molecule has 5 heteroatoms. The molecule has 0 aromatic rings. The first kappa shape index (κ1) is 8.00. The fraction of sp³-hybridized carbons (Fsp3) is 0.667. The Morgan fingerprint density at radius 3 is 2.18 bits per heavy atom. The standard InChI is InChI=1S/C6H8O5/c1-10-5(9)6(4(7)8)2-11-3-6/h2-3H2,1H3,(H,7,8). The quantitative estimate of drug-likeness (QED) is 0.425. The molecule has 5 nitrogen and oxygen atoms in total. The second-order valence-electron chi connectivity index (χ2n) is 2.37. The molecular weight excluding hydrogens is 152 g/mol. The van der Waals surface area contributed by atoms with E-state index in [1.807, 2.05) is 0 Å². The van der Waals surface area contributed by atoms with E-state index in [0.717, 1.165) is 7.11 Å². The van der Waals surface area contributed by atoms with Gasteiger partial charge in [0.25, 0.3) is 0 Å². The van der Waals surface area contributed by atoms with Crippen LogP contribution in [0.3, 0.4) is 0 Å². The topological polar surface area (TPSA) is 72.8 Å². The van der Waals surface area contributed by atoms with E-state index in [4.69, 9.17) is 5.11 Å². The minimum absolute atomic E-state index is 0.0883. The van der Waals surface area contributed by atoms with Gasteiger partial charge < -0.3 is 14.6 Å². The maximum absolute atomic E-state index is 10.9. The second kappa shape index (κ2) is 2.50. The Morgan fingerprint density at radius 1 is 1.55 bits per heavy atom. The molecule has 0 spiro atoms. The van der Waals surface area contributed by atoms with Crippen molar-refractivity contribution in [3.05, 3.63) is 0 Å². The van der Waals surface area contributed by atoms with Crippen LogP contribution in [0.2, 0.25) is 0 Å². The van der Waals surface area contributed by atoms with E-state index in [2.05, 4.69) is 9.47 Å². The number of carboxylic acid groups (broad SMARTS) is 1. The van der Waals surface area contributed by atoms with E-state index < -0.39 is 17.4 Å². The number of ether oxygens (including phenoxy) is 2. The molecule has 11 heavy (non-hydrogen) atoms. The van der Waals surface area contributed by atoms with Gasteiger partial charge >= 0.3 is 11.9 Å². The molecule has 62 valence electrons. The highest BCUT2D eigenvalue weighted by molar-refractivity contribution is 6.00. The van der Waals surface area contributed by atoms with Gasteiger partial charge in [0, 0.05) is 0 Å². The first-order chi connectivity index (χ1) is 5.13. The summed E-state index contributed by atoms with van der Waals surface area (Å²) in [5.74, 6) is -1.92. The van der Waals surface area contributed by atoms with Crippen molar-refractivity contribution in [2.75, 3.05) is 20.3 Å². The number of rotatable bonds is 2. The fourth-order valence-electron chi connectivity index (χ4n) is 0.830. The second-order valence-corrected chi connectivity index (χ2v) is 2.37. The molecule has 0 unspecified atom stereocenters. The fourth-order valence-corrected chi connectivity index (χ4v) is 0.830. The molecular formula is C6H8O5. The number of carboxylic acids is 1. The number of methoxy groups -OCH3 is 1.